The van der Waals surface area contributed by atoms with Crippen LogP contribution >= 0.6 is 0 Å². The van der Waals surface area contributed by atoms with Crippen molar-refractivity contribution in [2.45, 2.75) is 6.92 Å². The zero-order valence-electron chi connectivity index (χ0n) is 19.1. The molecule has 0 aliphatic rings. The molecule has 4 aromatic carbocycles. The van der Waals surface area contributed by atoms with Gasteiger partial charge in [-0.25, -0.2) is 0 Å². The molecule has 2 N–H and O–H groups in total. The summed E-state index contributed by atoms with van der Waals surface area (Å²) in [6, 6.07) is 35.8. The predicted molar refractivity (Wildman–Crippen MR) is 138 cm³/mol. The molecule has 0 saturated heterocycles. The van der Waals surface area contributed by atoms with Crippen molar-refractivity contribution in [2.75, 3.05) is 0 Å². The fourth-order valence-corrected chi connectivity index (χ4v) is 4.00. The molecule has 4 heteroatoms. The van der Waals surface area contributed by atoms with Crippen molar-refractivity contribution < 1.29 is 10.2 Å². The second-order valence-electron chi connectivity index (χ2n) is 8.01. The number of nitrogens with zero attached hydrogens (tertiary/aromatic N) is 2. The lowest BCUT2D eigenvalue weighted by Crippen LogP contribution is -1.98. The lowest BCUT2D eigenvalue weighted by Gasteiger charge is -2.18. The molecule has 0 amide bonds. The van der Waals surface area contributed by atoms with Gasteiger partial charge in [0.1, 0.15) is 29.2 Å². The van der Waals surface area contributed by atoms with Crippen molar-refractivity contribution in [1.29, 1.82) is 10.5 Å². The maximum Gasteiger partial charge on any atom is 0.133 e. The van der Waals surface area contributed by atoms with Gasteiger partial charge in [0.05, 0.1) is 0 Å². The standard InChI is InChI=1S/C31H22N2O2/c1-21(27(19-32)20-33)22-7-9-24(10-8-22)30(23-5-3-2-4-6-23)31(25-11-15-28(34)16-12-25)26-13-17-29(35)18-14-26/h2-18,34-35H,1H3. The summed E-state index contributed by atoms with van der Waals surface area (Å²) in [6.07, 6.45) is 0. The topological polar surface area (TPSA) is 88.0 Å². The van der Waals surface area contributed by atoms with Gasteiger partial charge in [-0.2, -0.15) is 10.5 Å². The monoisotopic (exact) mass is 454 g/mol. The number of phenols is 2. The molecule has 168 valence electrons. The number of hydrogen-bond acceptors (Lipinski definition) is 4. The molecule has 0 aromatic heterocycles. The van der Waals surface area contributed by atoms with E-state index in [1.54, 1.807) is 31.2 Å². The largest absolute Gasteiger partial charge is 0.508 e. The molecule has 0 aliphatic heterocycles. The summed E-state index contributed by atoms with van der Waals surface area (Å²) < 4.78 is 0. The molecule has 0 atom stereocenters. The first-order valence-corrected chi connectivity index (χ1v) is 11.0. The van der Waals surface area contributed by atoms with Crippen molar-refractivity contribution in [3.8, 4) is 23.6 Å². The number of benzene rings is 4. The van der Waals surface area contributed by atoms with Crippen molar-refractivity contribution in [1.82, 2.24) is 0 Å². The van der Waals surface area contributed by atoms with Gasteiger partial charge in [0.25, 0.3) is 0 Å². The average molecular weight is 455 g/mol. The Morgan fingerprint density at radius 3 is 1.26 bits per heavy atom. The summed E-state index contributed by atoms with van der Waals surface area (Å²) in [4.78, 5) is 0. The van der Waals surface area contributed by atoms with Crippen LogP contribution in [0.15, 0.2) is 109 Å². The molecule has 0 radical (unpaired) electrons. The van der Waals surface area contributed by atoms with Crippen LogP contribution in [0, 0.1) is 22.7 Å². The number of rotatable bonds is 5. The summed E-state index contributed by atoms with van der Waals surface area (Å²) in [5.41, 5.74) is 7.18. The van der Waals surface area contributed by atoms with Crippen LogP contribution in [0.2, 0.25) is 0 Å². The van der Waals surface area contributed by atoms with Gasteiger partial charge in [0, 0.05) is 0 Å². The van der Waals surface area contributed by atoms with Gasteiger partial charge in [0.2, 0.25) is 0 Å². The second kappa shape index (κ2) is 10.3. The van der Waals surface area contributed by atoms with Crippen LogP contribution in [0.5, 0.6) is 11.5 Å². The van der Waals surface area contributed by atoms with Gasteiger partial charge in [-0.3, -0.25) is 0 Å². The Hall–Kier alpha value is -5.06. The predicted octanol–water partition coefficient (Wildman–Crippen LogP) is 6.93. The number of aromatic hydroxyl groups is 2. The minimum absolute atomic E-state index is 0.0884. The summed E-state index contributed by atoms with van der Waals surface area (Å²) in [6.45, 7) is 1.77. The van der Waals surface area contributed by atoms with E-state index in [1.807, 2.05) is 91.0 Å². The quantitative estimate of drug-likeness (QED) is 0.253. The van der Waals surface area contributed by atoms with Crippen LogP contribution in [-0.4, -0.2) is 10.2 Å². The van der Waals surface area contributed by atoms with E-state index in [0.717, 1.165) is 39.0 Å². The molecular weight excluding hydrogens is 432 g/mol. The molecule has 0 aliphatic carbocycles. The molecule has 0 saturated carbocycles. The van der Waals surface area contributed by atoms with Gasteiger partial charge in [-0.1, -0.05) is 78.9 Å². The highest BCUT2D eigenvalue weighted by Gasteiger charge is 2.17. The zero-order chi connectivity index (χ0) is 24.8. The highest BCUT2D eigenvalue weighted by molar-refractivity contribution is 6.04. The fraction of sp³-hybridized carbons (Fsp3) is 0.0323. The highest BCUT2D eigenvalue weighted by Crippen LogP contribution is 2.38. The Balaban J connectivity index is 2.02. The number of allylic oxidation sites excluding steroid dienone is 2. The van der Waals surface area contributed by atoms with Crippen LogP contribution in [-0.2, 0) is 0 Å². The Morgan fingerprint density at radius 2 is 0.857 bits per heavy atom. The molecule has 4 nitrogen and oxygen atoms in total. The Labute approximate surface area is 204 Å². The third kappa shape index (κ3) is 4.98. The lowest BCUT2D eigenvalue weighted by atomic mass is 9.85. The summed E-state index contributed by atoms with van der Waals surface area (Å²) in [5, 5.41) is 38.3. The number of phenolic OH excluding ortho intramolecular Hbond substituents is 2. The van der Waals surface area contributed by atoms with Gasteiger partial charge in [-0.15, -0.1) is 0 Å². The van der Waals surface area contributed by atoms with Crippen LogP contribution in [0.1, 0.15) is 34.7 Å². The highest BCUT2D eigenvalue weighted by atomic mass is 16.3. The number of nitriles is 2. The second-order valence-corrected chi connectivity index (χ2v) is 8.01. The molecule has 0 unspecified atom stereocenters. The molecule has 0 fully saturated rings. The van der Waals surface area contributed by atoms with Gasteiger partial charge in [-0.05, 0) is 75.7 Å². The first kappa shape index (κ1) is 23.1. The van der Waals surface area contributed by atoms with Gasteiger partial charge in [0.15, 0.2) is 0 Å². The van der Waals surface area contributed by atoms with E-state index in [-0.39, 0.29) is 17.1 Å². The maximum absolute atomic E-state index is 9.89. The molecular formula is C31H22N2O2. The van der Waals surface area contributed by atoms with Crippen LogP contribution in [0.25, 0.3) is 16.7 Å². The summed E-state index contributed by atoms with van der Waals surface area (Å²) in [5.74, 6) is 0.356. The van der Waals surface area contributed by atoms with Gasteiger partial charge >= 0.3 is 0 Å². The molecule has 0 heterocycles. The van der Waals surface area contributed by atoms with Crippen molar-refractivity contribution in [2.24, 2.45) is 0 Å². The summed E-state index contributed by atoms with van der Waals surface area (Å²) in [7, 11) is 0. The van der Waals surface area contributed by atoms with Crippen molar-refractivity contribution >= 4 is 16.7 Å². The van der Waals surface area contributed by atoms with E-state index < -0.39 is 0 Å². The minimum atomic E-state index is 0.0884. The maximum atomic E-state index is 9.89. The first-order valence-electron chi connectivity index (χ1n) is 11.0. The Bertz CT molecular complexity index is 1420. The normalized spacial score (nSPS) is 10.0. The Morgan fingerprint density at radius 1 is 0.514 bits per heavy atom. The molecule has 0 bridgehead atoms. The van der Waals surface area contributed by atoms with E-state index in [2.05, 4.69) is 0 Å². The van der Waals surface area contributed by atoms with Crippen LogP contribution < -0.4 is 0 Å². The van der Waals surface area contributed by atoms with Crippen molar-refractivity contribution in [3.63, 3.8) is 0 Å². The third-order valence-electron chi connectivity index (χ3n) is 5.83. The van der Waals surface area contributed by atoms with Gasteiger partial charge < -0.3 is 10.2 Å². The smallest absolute Gasteiger partial charge is 0.133 e. The molecule has 4 rings (SSSR count). The van der Waals surface area contributed by atoms with Crippen molar-refractivity contribution in [3.05, 3.63) is 137 Å². The lowest BCUT2D eigenvalue weighted by molar-refractivity contribution is 0.475. The van der Waals surface area contributed by atoms with E-state index in [9.17, 15) is 20.7 Å². The number of hydrogen-bond donors (Lipinski definition) is 2. The SMILES string of the molecule is CC(=C(C#N)C#N)c1ccc(C(=C(c2ccc(O)cc2)c2ccc(O)cc2)c2ccccc2)cc1. The molecule has 0 spiro atoms. The summed E-state index contributed by atoms with van der Waals surface area (Å²) >= 11 is 0. The zero-order valence-corrected chi connectivity index (χ0v) is 19.1. The Kier molecular flexibility index (Phi) is 6.77. The van der Waals surface area contributed by atoms with Crippen LogP contribution in [0.4, 0.5) is 0 Å². The third-order valence-corrected chi connectivity index (χ3v) is 5.83. The van der Waals surface area contributed by atoms with E-state index in [1.165, 1.54) is 0 Å². The fourth-order valence-electron chi connectivity index (χ4n) is 4.00. The molecule has 35 heavy (non-hydrogen) atoms. The van der Waals surface area contributed by atoms with Crippen LogP contribution in [0.3, 0.4) is 0 Å². The first-order chi connectivity index (χ1) is 17.0. The van der Waals surface area contributed by atoms with E-state index >= 15 is 0 Å². The molecule has 4 aromatic rings. The minimum Gasteiger partial charge on any atom is -0.508 e. The average Bonchev–Trinajstić information content (AvgIpc) is 2.90. The van der Waals surface area contributed by atoms with E-state index in [0.29, 0.717) is 5.57 Å². The van der Waals surface area contributed by atoms with E-state index in [4.69, 9.17) is 0 Å².